The third-order valence-electron chi connectivity index (χ3n) is 8.04. The molecule has 1 heterocycles. The van der Waals surface area contributed by atoms with Crippen LogP contribution in [0.15, 0.2) is 53.5 Å². The topological polar surface area (TPSA) is 56.0 Å². The quantitative estimate of drug-likeness (QED) is 0.418. The first kappa shape index (κ1) is 23.2. The fourth-order valence-corrected chi connectivity index (χ4v) is 7.60. The molecule has 4 fully saturated rings. The summed E-state index contributed by atoms with van der Waals surface area (Å²) in [6, 6.07) is 12.3. The molecule has 8 heteroatoms. The number of amides is 1. The van der Waals surface area contributed by atoms with E-state index in [1.807, 2.05) is 6.07 Å². The molecule has 0 radical (unpaired) electrons. The van der Waals surface area contributed by atoms with Crippen LogP contribution in [0.5, 0.6) is 0 Å². The minimum Gasteiger partial charge on any atom is -0.346 e. The van der Waals surface area contributed by atoms with Gasteiger partial charge in [-0.15, -0.1) is 0 Å². The maximum atomic E-state index is 13.6. The normalized spacial score (nSPS) is 26.8. The highest BCUT2D eigenvalue weighted by Crippen LogP contribution is 2.55. The maximum absolute atomic E-state index is 13.6. The fourth-order valence-electron chi connectivity index (χ4n) is 7.01. The van der Waals surface area contributed by atoms with Crippen molar-refractivity contribution in [2.45, 2.75) is 50.6 Å². The lowest BCUT2D eigenvalue weighted by Gasteiger charge is -2.56. The zero-order valence-electron chi connectivity index (χ0n) is 19.1. The second-order valence-corrected chi connectivity index (χ2v) is 11.9. The highest BCUT2D eigenvalue weighted by molar-refractivity contribution is 6.35. The van der Waals surface area contributed by atoms with Crippen molar-refractivity contribution in [2.75, 3.05) is 0 Å². The molecule has 35 heavy (non-hydrogen) atoms. The summed E-state index contributed by atoms with van der Waals surface area (Å²) in [7, 11) is 0. The number of carbonyl (C=O) groups is 1. The maximum Gasteiger partial charge on any atom is 0.284 e. The van der Waals surface area contributed by atoms with Crippen LogP contribution in [-0.2, 0) is 6.54 Å². The molecule has 0 saturated heterocycles. The molecule has 0 spiro atoms. The summed E-state index contributed by atoms with van der Waals surface area (Å²) < 4.78 is 3.24. The van der Waals surface area contributed by atoms with Crippen LogP contribution in [0.3, 0.4) is 0 Å². The van der Waals surface area contributed by atoms with Crippen molar-refractivity contribution in [2.24, 2.45) is 17.8 Å². The Morgan fingerprint density at radius 1 is 0.914 bits per heavy atom. The second-order valence-electron chi connectivity index (χ2n) is 10.6. The first-order valence-electron chi connectivity index (χ1n) is 12.1. The molecule has 1 aromatic heterocycles. The average molecular weight is 531 g/mol. The molecule has 4 bridgehead atoms. The molecule has 0 aliphatic heterocycles. The monoisotopic (exact) mass is 529 g/mol. The Kier molecular flexibility index (Phi) is 5.78. The minimum absolute atomic E-state index is 0.140. The van der Waals surface area contributed by atoms with E-state index in [1.165, 1.54) is 23.9 Å². The summed E-state index contributed by atoms with van der Waals surface area (Å²) in [4.78, 5) is 27.2. The Bertz CT molecular complexity index is 1320. The molecular formula is C27H26Cl3N3O2. The van der Waals surface area contributed by atoms with Crippen molar-refractivity contribution in [3.63, 3.8) is 0 Å². The van der Waals surface area contributed by atoms with Gasteiger partial charge in [-0.25, -0.2) is 4.68 Å². The predicted octanol–water partition coefficient (Wildman–Crippen LogP) is 6.35. The van der Waals surface area contributed by atoms with Gasteiger partial charge in [0.05, 0.1) is 12.2 Å². The van der Waals surface area contributed by atoms with Crippen LogP contribution in [0.4, 0.5) is 0 Å². The van der Waals surface area contributed by atoms with E-state index in [9.17, 15) is 9.59 Å². The van der Waals surface area contributed by atoms with Gasteiger partial charge in [0.15, 0.2) is 0 Å². The van der Waals surface area contributed by atoms with E-state index >= 15 is 0 Å². The molecule has 0 unspecified atom stereocenters. The zero-order chi connectivity index (χ0) is 24.3. The minimum atomic E-state index is -0.361. The third kappa shape index (κ3) is 4.32. The van der Waals surface area contributed by atoms with Crippen LogP contribution >= 0.6 is 34.8 Å². The molecule has 7 rings (SSSR count). The Morgan fingerprint density at radius 2 is 1.51 bits per heavy atom. The summed E-state index contributed by atoms with van der Waals surface area (Å²) in [6.45, 7) is 0.304. The first-order valence-corrected chi connectivity index (χ1v) is 13.3. The van der Waals surface area contributed by atoms with Gasteiger partial charge in [-0.3, -0.25) is 14.3 Å². The van der Waals surface area contributed by atoms with Gasteiger partial charge in [0.25, 0.3) is 11.5 Å². The van der Waals surface area contributed by atoms with Crippen molar-refractivity contribution in [1.82, 2.24) is 14.7 Å². The molecule has 3 aromatic rings. The summed E-state index contributed by atoms with van der Waals surface area (Å²) in [5.41, 5.74) is 1.02. The van der Waals surface area contributed by atoms with Gasteiger partial charge in [0, 0.05) is 26.8 Å². The molecule has 182 valence electrons. The van der Waals surface area contributed by atoms with Gasteiger partial charge >= 0.3 is 0 Å². The van der Waals surface area contributed by atoms with Gasteiger partial charge < -0.3 is 5.32 Å². The number of carbonyl (C=O) groups excluding carboxylic acids is 1. The number of hydrogen-bond acceptors (Lipinski definition) is 2. The molecule has 4 aliphatic rings. The van der Waals surface area contributed by atoms with Crippen molar-refractivity contribution >= 4 is 40.7 Å². The summed E-state index contributed by atoms with van der Waals surface area (Å²) >= 11 is 18.6. The van der Waals surface area contributed by atoms with E-state index in [-0.39, 0.29) is 22.6 Å². The Morgan fingerprint density at radius 3 is 2.11 bits per heavy atom. The number of hydrogen-bond donors (Lipinski definition) is 1. The third-order valence-corrected chi connectivity index (χ3v) is 8.88. The van der Waals surface area contributed by atoms with E-state index in [0.717, 1.165) is 24.8 Å². The lowest BCUT2D eigenvalue weighted by atomic mass is 9.53. The number of rotatable bonds is 5. The molecule has 4 aliphatic carbocycles. The number of nitrogens with one attached hydrogen (secondary N) is 1. The Hall–Kier alpha value is -2.21. The molecule has 4 saturated carbocycles. The van der Waals surface area contributed by atoms with Crippen LogP contribution < -0.4 is 10.9 Å². The van der Waals surface area contributed by atoms with Gasteiger partial charge in [-0.1, -0.05) is 40.9 Å². The molecule has 1 amide bonds. The van der Waals surface area contributed by atoms with E-state index in [4.69, 9.17) is 34.8 Å². The van der Waals surface area contributed by atoms with Gasteiger partial charge in [-0.05, 0) is 98.2 Å². The van der Waals surface area contributed by atoms with E-state index < -0.39 is 0 Å². The molecule has 5 nitrogen and oxygen atoms in total. The fraction of sp³-hybridized carbons (Fsp3) is 0.407. The van der Waals surface area contributed by atoms with E-state index in [1.54, 1.807) is 47.3 Å². The smallest absolute Gasteiger partial charge is 0.284 e. The van der Waals surface area contributed by atoms with Gasteiger partial charge in [-0.2, -0.15) is 0 Å². The number of benzene rings is 2. The van der Waals surface area contributed by atoms with Crippen LogP contribution in [0.1, 0.15) is 54.4 Å². The second kappa shape index (κ2) is 8.72. The average Bonchev–Trinajstić information content (AvgIpc) is 3.11. The predicted molar refractivity (Wildman–Crippen MR) is 139 cm³/mol. The highest BCUT2D eigenvalue weighted by Gasteiger charge is 2.51. The number of halogens is 3. The van der Waals surface area contributed by atoms with Gasteiger partial charge in [0.1, 0.15) is 5.56 Å². The largest absolute Gasteiger partial charge is 0.346 e. The van der Waals surface area contributed by atoms with Crippen molar-refractivity contribution in [3.8, 4) is 5.69 Å². The summed E-state index contributed by atoms with van der Waals surface area (Å²) in [5, 5.41) is 4.94. The van der Waals surface area contributed by atoms with Crippen molar-refractivity contribution < 1.29 is 4.79 Å². The van der Waals surface area contributed by atoms with Crippen molar-refractivity contribution in [1.29, 1.82) is 0 Å². The zero-order valence-corrected chi connectivity index (χ0v) is 21.4. The SMILES string of the molecule is O=C(NC12CC3CC(CC(C3)C1)C2)c1cn(Cc2ccc(Cl)cc2Cl)n(-c2ccc(Cl)cc2)c1=O. The van der Waals surface area contributed by atoms with Crippen LogP contribution in [0, 0.1) is 17.8 Å². The molecule has 1 N–H and O–H groups in total. The van der Waals surface area contributed by atoms with Crippen LogP contribution in [0.2, 0.25) is 15.1 Å². The Labute approximate surface area is 219 Å². The summed E-state index contributed by atoms with van der Waals surface area (Å²) in [5.74, 6) is 1.80. The highest BCUT2D eigenvalue weighted by atomic mass is 35.5. The van der Waals surface area contributed by atoms with Gasteiger partial charge in [0.2, 0.25) is 0 Å². The lowest BCUT2D eigenvalue weighted by Crippen LogP contribution is -2.60. The number of aromatic nitrogens is 2. The number of nitrogens with zero attached hydrogens (tertiary/aromatic N) is 2. The van der Waals surface area contributed by atoms with Crippen LogP contribution in [-0.4, -0.2) is 20.8 Å². The first-order chi connectivity index (χ1) is 16.8. The summed E-state index contributed by atoms with van der Waals surface area (Å²) in [6.07, 6.45) is 8.58. The van der Waals surface area contributed by atoms with Crippen LogP contribution in [0.25, 0.3) is 5.69 Å². The van der Waals surface area contributed by atoms with E-state index in [0.29, 0.717) is 45.1 Å². The molecular weight excluding hydrogens is 505 g/mol. The Balaban J connectivity index is 1.37. The van der Waals surface area contributed by atoms with E-state index in [2.05, 4.69) is 5.32 Å². The standard InChI is InChI=1S/C27H26Cl3N3O2/c28-20-3-5-22(6-4-20)33-26(35)23(15-32(33)14-19-1-2-21(29)10-24(19)30)25(34)31-27-11-16-7-17(12-27)9-18(8-16)13-27/h1-6,10,15-18H,7-9,11-14H2,(H,31,34). The van der Waals surface area contributed by atoms with Crippen molar-refractivity contribution in [3.05, 3.63) is 85.2 Å². The molecule has 0 atom stereocenters. The lowest BCUT2D eigenvalue weighted by molar-refractivity contribution is -0.0167. The molecule has 2 aromatic carbocycles.